The highest BCUT2D eigenvalue weighted by atomic mass is 79.9. The molecule has 2 rings (SSSR count). The molecule has 7 heteroatoms. The summed E-state index contributed by atoms with van der Waals surface area (Å²) in [5.74, 6) is -0.246. The molecular weight excluding hydrogens is 398 g/mol. The van der Waals surface area contributed by atoms with Gasteiger partial charge in [0.15, 0.2) is 11.5 Å². The van der Waals surface area contributed by atoms with Gasteiger partial charge in [-0.15, -0.1) is 0 Å². The monoisotopic (exact) mass is 409 g/mol. The Bertz CT molecular complexity index is 788. The van der Waals surface area contributed by atoms with Gasteiger partial charge in [-0.2, -0.15) is 0 Å². The molecule has 0 saturated carbocycles. The Kier molecular flexibility index (Phi) is 6.40. The molecule has 0 bridgehead atoms. The van der Waals surface area contributed by atoms with Gasteiger partial charge in [-0.1, -0.05) is 44.8 Å². The number of carbonyl (C=O) groups is 1. The molecule has 2 aromatic carbocycles. The van der Waals surface area contributed by atoms with Crippen LogP contribution in [0.2, 0.25) is 5.02 Å². The van der Waals surface area contributed by atoms with Crippen molar-refractivity contribution in [3.05, 3.63) is 63.1 Å². The molecular formula is C17H13BrClNO4. The lowest BCUT2D eigenvalue weighted by molar-refractivity contribution is -0.129. The van der Waals surface area contributed by atoms with Gasteiger partial charge in [0.2, 0.25) is 0 Å². The minimum absolute atomic E-state index is 0.0970. The zero-order valence-corrected chi connectivity index (χ0v) is 14.9. The van der Waals surface area contributed by atoms with Gasteiger partial charge in [0.05, 0.1) is 18.3 Å². The van der Waals surface area contributed by atoms with Crippen LogP contribution in [0.3, 0.4) is 0 Å². The highest BCUT2D eigenvalue weighted by Gasteiger charge is 2.14. The van der Waals surface area contributed by atoms with Crippen molar-refractivity contribution in [3.63, 3.8) is 0 Å². The predicted octanol–water partition coefficient (Wildman–Crippen LogP) is 4.54. The maximum Gasteiger partial charge on any atom is 0.336 e. The Labute approximate surface area is 152 Å². The van der Waals surface area contributed by atoms with Crippen molar-refractivity contribution in [2.75, 3.05) is 7.11 Å². The number of rotatable bonds is 5. The van der Waals surface area contributed by atoms with Crippen LogP contribution in [-0.2, 0) is 4.79 Å². The lowest BCUT2D eigenvalue weighted by Crippen LogP contribution is -2.06. The van der Waals surface area contributed by atoms with E-state index in [4.69, 9.17) is 26.3 Å². The molecule has 0 amide bonds. The van der Waals surface area contributed by atoms with E-state index in [9.17, 15) is 4.79 Å². The Balaban J connectivity index is 2.17. The van der Waals surface area contributed by atoms with Gasteiger partial charge >= 0.3 is 5.97 Å². The molecule has 0 saturated heterocycles. The highest BCUT2D eigenvalue weighted by molar-refractivity contribution is 9.10. The first-order valence-electron chi connectivity index (χ1n) is 6.74. The van der Waals surface area contributed by atoms with Crippen LogP contribution >= 0.6 is 27.5 Å². The van der Waals surface area contributed by atoms with E-state index in [-0.39, 0.29) is 16.5 Å². The third-order valence-electron chi connectivity index (χ3n) is 2.94. The summed E-state index contributed by atoms with van der Waals surface area (Å²) in [6.07, 6.45) is 4.11. The highest BCUT2D eigenvalue weighted by Crippen LogP contribution is 2.36. The van der Waals surface area contributed by atoms with Crippen LogP contribution in [0.25, 0.3) is 6.08 Å². The first-order valence-corrected chi connectivity index (χ1v) is 7.91. The SMILES string of the molecule is COc1cc(/C=N/O)cc(Cl)c1OC(=O)C=Cc1ccc(Br)cc1. The van der Waals surface area contributed by atoms with Gasteiger partial charge in [-0.25, -0.2) is 4.79 Å². The van der Waals surface area contributed by atoms with Crippen LogP contribution in [0.4, 0.5) is 0 Å². The van der Waals surface area contributed by atoms with E-state index in [2.05, 4.69) is 21.1 Å². The molecule has 24 heavy (non-hydrogen) atoms. The smallest absolute Gasteiger partial charge is 0.336 e. The molecule has 2 aromatic rings. The standard InChI is InChI=1S/C17H13BrClNO4/c1-23-15-9-12(10-20-22)8-14(19)17(15)24-16(21)7-4-11-2-5-13(18)6-3-11/h2-10,22H,1H3/b7-4?,20-10+. The molecule has 124 valence electrons. The van der Waals surface area contributed by atoms with E-state index in [1.54, 1.807) is 6.08 Å². The second kappa shape index (κ2) is 8.52. The fraction of sp³-hybridized carbons (Fsp3) is 0.0588. The number of hydrogen-bond donors (Lipinski definition) is 1. The van der Waals surface area contributed by atoms with Crippen LogP contribution in [0.5, 0.6) is 11.5 Å². The molecule has 0 radical (unpaired) electrons. The second-order valence-corrected chi connectivity index (χ2v) is 5.91. The van der Waals surface area contributed by atoms with Crippen LogP contribution in [-0.4, -0.2) is 24.5 Å². The maximum atomic E-state index is 12.0. The minimum Gasteiger partial charge on any atom is -0.493 e. The third-order valence-corrected chi connectivity index (χ3v) is 3.75. The molecule has 1 N–H and O–H groups in total. The number of oxime groups is 1. The number of esters is 1. The van der Waals surface area contributed by atoms with Crippen molar-refractivity contribution < 1.29 is 19.5 Å². The number of hydrogen-bond acceptors (Lipinski definition) is 5. The summed E-state index contributed by atoms with van der Waals surface area (Å²) in [7, 11) is 1.42. The van der Waals surface area contributed by atoms with Crippen molar-refractivity contribution in [2.45, 2.75) is 0 Å². The van der Waals surface area contributed by atoms with Crippen LogP contribution < -0.4 is 9.47 Å². The summed E-state index contributed by atoms with van der Waals surface area (Å²) in [5.41, 5.74) is 1.35. The summed E-state index contributed by atoms with van der Waals surface area (Å²) in [6, 6.07) is 10.5. The second-order valence-electron chi connectivity index (χ2n) is 4.58. The van der Waals surface area contributed by atoms with Crippen molar-refractivity contribution in [1.82, 2.24) is 0 Å². The van der Waals surface area contributed by atoms with Crippen LogP contribution in [0, 0.1) is 0 Å². The number of carbonyl (C=O) groups excluding carboxylic acids is 1. The molecule has 5 nitrogen and oxygen atoms in total. The van der Waals surface area contributed by atoms with Crippen molar-refractivity contribution in [2.24, 2.45) is 5.16 Å². The largest absolute Gasteiger partial charge is 0.493 e. The summed E-state index contributed by atoms with van der Waals surface area (Å²) >= 11 is 9.44. The fourth-order valence-corrected chi connectivity index (χ4v) is 2.37. The number of ether oxygens (including phenoxy) is 2. The van der Waals surface area contributed by atoms with Gasteiger partial charge < -0.3 is 14.7 Å². The van der Waals surface area contributed by atoms with E-state index >= 15 is 0 Å². The molecule has 0 atom stereocenters. The van der Waals surface area contributed by atoms with Gasteiger partial charge in [-0.05, 0) is 35.9 Å². The number of methoxy groups -OCH3 is 1. The quantitative estimate of drug-likeness (QED) is 0.196. The Morgan fingerprint density at radius 2 is 1.96 bits per heavy atom. The normalized spacial score (nSPS) is 11.1. The first-order chi connectivity index (χ1) is 11.5. The first kappa shape index (κ1) is 18.0. The zero-order chi connectivity index (χ0) is 17.5. The number of benzene rings is 2. The molecule has 0 heterocycles. The van der Waals surface area contributed by atoms with Gasteiger partial charge in [0.25, 0.3) is 0 Å². The van der Waals surface area contributed by atoms with Gasteiger partial charge in [-0.3, -0.25) is 0 Å². The average Bonchev–Trinajstić information content (AvgIpc) is 2.56. The number of halogens is 2. The van der Waals surface area contributed by atoms with E-state index in [1.807, 2.05) is 24.3 Å². The molecule has 0 spiro atoms. The Hall–Kier alpha value is -2.31. The zero-order valence-electron chi connectivity index (χ0n) is 12.6. The Morgan fingerprint density at radius 1 is 1.25 bits per heavy atom. The lowest BCUT2D eigenvalue weighted by atomic mass is 10.2. The van der Waals surface area contributed by atoms with Crippen molar-refractivity contribution >= 4 is 45.8 Å². The topological polar surface area (TPSA) is 68.1 Å². The van der Waals surface area contributed by atoms with E-state index in [1.165, 1.54) is 31.5 Å². The maximum absolute atomic E-state index is 12.0. The third kappa shape index (κ3) is 4.84. The average molecular weight is 411 g/mol. The predicted molar refractivity (Wildman–Crippen MR) is 96.2 cm³/mol. The minimum atomic E-state index is -0.596. The summed E-state index contributed by atoms with van der Waals surface area (Å²) < 4.78 is 11.4. The van der Waals surface area contributed by atoms with E-state index in [0.717, 1.165) is 10.0 Å². The summed E-state index contributed by atoms with van der Waals surface area (Å²) in [6.45, 7) is 0. The molecule has 0 unspecified atom stereocenters. The molecule has 0 aromatic heterocycles. The van der Waals surface area contributed by atoms with E-state index in [0.29, 0.717) is 5.56 Å². The van der Waals surface area contributed by atoms with Crippen LogP contribution in [0.15, 0.2) is 52.1 Å². The lowest BCUT2D eigenvalue weighted by Gasteiger charge is -2.10. The van der Waals surface area contributed by atoms with Gasteiger partial charge in [0.1, 0.15) is 0 Å². The van der Waals surface area contributed by atoms with Crippen molar-refractivity contribution in [3.8, 4) is 11.5 Å². The summed E-state index contributed by atoms with van der Waals surface area (Å²) in [4.78, 5) is 12.0. The molecule has 0 fully saturated rings. The molecule has 0 aliphatic carbocycles. The fourth-order valence-electron chi connectivity index (χ4n) is 1.85. The molecule has 0 aliphatic rings. The molecule has 0 aliphatic heterocycles. The Morgan fingerprint density at radius 3 is 2.58 bits per heavy atom. The van der Waals surface area contributed by atoms with Crippen molar-refractivity contribution in [1.29, 1.82) is 0 Å². The summed E-state index contributed by atoms with van der Waals surface area (Å²) in [5, 5.41) is 11.7. The van der Waals surface area contributed by atoms with E-state index < -0.39 is 5.97 Å². The van der Waals surface area contributed by atoms with Gasteiger partial charge in [0, 0.05) is 16.1 Å². The van der Waals surface area contributed by atoms with Crippen LogP contribution in [0.1, 0.15) is 11.1 Å². The number of nitrogens with zero attached hydrogens (tertiary/aromatic N) is 1.